The minimum atomic E-state index is -0.250. The van der Waals surface area contributed by atoms with Gasteiger partial charge in [0.1, 0.15) is 0 Å². The summed E-state index contributed by atoms with van der Waals surface area (Å²) >= 11 is 0. The molecule has 0 aromatic carbocycles. The summed E-state index contributed by atoms with van der Waals surface area (Å²) in [6.45, 7) is 3.51. The first kappa shape index (κ1) is 14.5. The number of hydrogen-bond donors (Lipinski definition) is 1. The third-order valence-electron chi connectivity index (χ3n) is 2.18. The summed E-state index contributed by atoms with van der Waals surface area (Å²) in [5, 5.41) is 6.89. The van der Waals surface area contributed by atoms with Crippen molar-refractivity contribution in [2.75, 3.05) is 13.1 Å². The molecule has 1 heterocycles. The van der Waals surface area contributed by atoms with Crippen LogP contribution in [0.3, 0.4) is 0 Å². The zero-order chi connectivity index (χ0) is 12.2. The van der Waals surface area contributed by atoms with E-state index in [0.29, 0.717) is 12.3 Å². The van der Waals surface area contributed by atoms with Crippen LogP contribution in [0.1, 0.15) is 39.0 Å². The van der Waals surface area contributed by atoms with E-state index in [0.717, 1.165) is 38.8 Å². The molecule has 0 radical (unpaired) electrons. The van der Waals surface area contributed by atoms with Gasteiger partial charge in [0.25, 0.3) is 6.47 Å². The second-order valence-electron chi connectivity index (χ2n) is 3.44. The van der Waals surface area contributed by atoms with Crippen LogP contribution in [0.15, 0.2) is 0 Å². The zero-order valence-electron chi connectivity index (χ0n) is 9.74. The van der Waals surface area contributed by atoms with E-state index in [1.54, 1.807) is 0 Å². The first-order valence-corrected chi connectivity index (χ1v) is 5.57. The van der Waals surface area contributed by atoms with Crippen molar-refractivity contribution in [3.8, 4) is 11.8 Å². The summed E-state index contributed by atoms with van der Waals surface area (Å²) in [6, 6.07) is 0. The van der Waals surface area contributed by atoms with Crippen LogP contribution >= 0.6 is 0 Å². The van der Waals surface area contributed by atoms with Gasteiger partial charge in [-0.1, -0.05) is 6.92 Å². The highest BCUT2D eigenvalue weighted by Crippen LogP contribution is 2.03. The maximum Gasteiger partial charge on any atom is 0.290 e. The number of carbonyl (C=O) groups excluding carboxylic acids is 1. The molecule has 0 atom stereocenters. The van der Waals surface area contributed by atoms with Crippen LogP contribution < -0.4 is 0 Å². The van der Waals surface area contributed by atoms with E-state index in [2.05, 4.69) is 11.8 Å². The topological polar surface area (TPSA) is 57.6 Å². The lowest BCUT2D eigenvalue weighted by Crippen LogP contribution is -2.32. The van der Waals surface area contributed by atoms with Gasteiger partial charge in [0.05, 0.1) is 0 Å². The van der Waals surface area contributed by atoms with Crippen molar-refractivity contribution in [1.29, 1.82) is 0 Å². The molecule has 0 fully saturated rings. The predicted molar refractivity (Wildman–Crippen MR) is 61.8 cm³/mol. The molecule has 0 spiro atoms. The van der Waals surface area contributed by atoms with Gasteiger partial charge < -0.3 is 10.0 Å². The summed E-state index contributed by atoms with van der Waals surface area (Å²) in [7, 11) is 0. The van der Waals surface area contributed by atoms with Crippen molar-refractivity contribution in [1.82, 2.24) is 4.90 Å². The molecule has 1 rings (SSSR count). The van der Waals surface area contributed by atoms with Crippen molar-refractivity contribution in [3.63, 3.8) is 0 Å². The summed E-state index contributed by atoms with van der Waals surface area (Å²) in [5.41, 5.74) is 0. The highest BCUT2D eigenvalue weighted by molar-refractivity contribution is 5.76. The highest BCUT2D eigenvalue weighted by atomic mass is 16.3. The number of hydrogen-bond acceptors (Lipinski definition) is 2. The van der Waals surface area contributed by atoms with Crippen LogP contribution in [0.5, 0.6) is 0 Å². The van der Waals surface area contributed by atoms with Crippen LogP contribution in [0.25, 0.3) is 0 Å². The minimum absolute atomic E-state index is 0.250. The van der Waals surface area contributed by atoms with E-state index in [9.17, 15) is 4.79 Å². The zero-order valence-corrected chi connectivity index (χ0v) is 9.74. The Morgan fingerprint density at radius 1 is 1.38 bits per heavy atom. The largest absolute Gasteiger partial charge is 0.483 e. The van der Waals surface area contributed by atoms with Gasteiger partial charge in [0.2, 0.25) is 5.91 Å². The molecule has 1 aliphatic heterocycles. The molecule has 4 nitrogen and oxygen atoms in total. The van der Waals surface area contributed by atoms with Gasteiger partial charge >= 0.3 is 0 Å². The van der Waals surface area contributed by atoms with Crippen LogP contribution in [0, 0.1) is 11.8 Å². The Morgan fingerprint density at radius 2 is 2.00 bits per heavy atom. The molecular formula is C12H19NO3. The van der Waals surface area contributed by atoms with E-state index in [1.807, 2.05) is 11.8 Å². The first-order valence-electron chi connectivity index (χ1n) is 5.57. The Bertz CT molecular complexity index is 265. The molecule has 1 amide bonds. The summed E-state index contributed by atoms with van der Waals surface area (Å²) in [4.78, 5) is 21.9. The van der Waals surface area contributed by atoms with Gasteiger partial charge in [-0.15, -0.1) is 11.8 Å². The fraction of sp³-hybridized carbons (Fsp3) is 0.667. The standard InChI is InChI=1S/C11H17NO.CH2O2/c1-2-8-11(13)12-9-6-4-3-5-7-10-12;2-1-3/h2,4,6-10H2,1H3;1H,(H,2,3). The van der Waals surface area contributed by atoms with E-state index < -0.39 is 0 Å². The smallest absolute Gasteiger partial charge is 0.290 e. The molecule has 0 saturated carbocycles. The highest BCUT2D eigenvalue weighted by Gasteiger charge is 2.11. The molecule has 1 aliphatic rings. The summed E-state index contributed by atoms with van der Waals surface area (Å²) in [6.07, 6.45) is 4.45. The third kappa shape index (κ3) is 6.88. The van der Waals surface area contributed by atoms with Crippen molar-refractivity contribution in [2.24, 2.45) is 0 Å². The molecule has 0 aliphatic carbocycles. The maximum atomic E-state index is 11.5. The second-order valence-corrected chi connectivity index (χ2v) is 3.44. The van der Waals surface area contributed by atoms with Crippen molar-refractivity contribution in [2.45, 2.75) is 39.0 Å². The molecule has 4 heteroatoms. The Labute approximate surface area is 96.6 Å². The average Bonchev–Trinajstić information content (AvgIpc) is 2.18. The Balaban J connectivity index is 0.000000673. The van der Waals surface area contributed by atoms with Gasteiger partial charge in [-0.2, -0.15) is 0 Å². The van der Waals surface area contributed by atoms with E-state index in [-0.39, 0.29) is 6.47 Å². The van der Waals surface area contributed by atoms with E-state index in [1.165, 1.54) is 0 Å². The first-order chi connectivity index (χ1) is 7.76. The molecule has 0 bridgehead atoms. The quantitative estimate of drug-likeness (QED) is 0.572. The van der Waals surface area contributed by atoms with Gasteiger partial charge in [-0.25, -0.2) is 0 Å². The van der Waals surface area contributed by atoms with Crippen molar-refractivity contribution in [3.05, 3.63) is 0 Å². The maximum absolute atomic E-state index is 11.5. The van der Waals surface area contributed by atoms with Gasteiger partial charge in [-0.05, 0) is 12.8 Å². The lowest BCUT2D eigenvalue weighted by atomic mass is 10.2. The Hall–Kier alpha value is -1.50. The molecule has 0 saturated heterocycles. The lowest BCUT2D eigenvalue weighted by Gasteiger charge is -2.22. The van der Waals surface area contributed by atoms with Crippen LogP contribution in [0.4, 0.5) is 0 Å². The number of carbonyl (C=O) groups is 2. The van der Waals surface area contributed by atoms with Crippen LogP contribution in [-0.4, -0.2) is 35.5 Å². The number of carboxylic acid groups (broad SMARTS) is 1. The van der Waals surface area contributed by atoms with Gasteiger partial charge in [-0.3, -0.25) is 9.59 Å². The van der Waals surface area contributed by atoms with E-state index in [4.69, 9.17) is 9.90 Å². The molecular weight excluding hydrogens is 206 g/mol. The van der Waals surface area contributed by atoms with E-state index >= 15 is 0 Å². The summed E-state index contributed by atoms with van der Waals surface area (Å²) < 4.78 is 0. The molecule has 0 aromatic heterocycles. The fourth-order valence-corrected chi connectivity index (χ4v) is 1.46. The SMILES string of the molecule is CCCC(=O)N1CCC#CCCC1.O=CO. The predicted octanol–water partition coefficient (Wildman–Crippen LogP) is 1.50. The summed E-state index contributed by atoms with van der Waals surface area (Å²) in [5.74, 6) is 6.46. The minimum Gasteiger partial charge on any atom is -0.483 e. The third-order valence-corrected chi connectivity index (χ3v) is 2.18. The number of amides is 1. The average molecular weight is 225 g/mol. The molecule has 90 valence electrons. The molecule has 0 unspecified atom stereocenters. The molecule has 1 N–H and O–H groups in total. The molecule has 0 aromatic rings. The number of nitrogens with zero attached hydrogens (tertiary/aromatic N) is 1. The Morgan fingerprint density at radius 3 is 2.62 bits per heavy atom. The fourth-order valence-electron chi connectivity index (χ4n) is 1.46. The monoisotopic (exact) mass is 225 g/mol. The van der Waals surface area contributed by atoms with Crippen LogP contribution in [-0.2, 0) is 9.59 Å². The van der Waals surface area contributed by atoms with Crippen LogP contribution in [0.2, 0.25) is 0 Å². The molecule has 16 heavy (non-hydrogen) atoms. The van der Waals surface area contributed by atoms with Gasteiger partial charge in [0, 0.05) is 32.4 Å². The lowest BCUT2D eigenvalue weighted by molar-refractivity contribution is -0.131. The Kier molecular flexibility index (Phi) is 9.09. The second kappa shape index (κ2) is 10.0. The van der Waals surface area contributed by atoms with Crippen molar-refractivity contribution < 1.29 is 14.7 Å². The van der Waals surface area contributed by atoms with Crippen molar-refractivity contribution >= 4 is 12.4 Å². The van der Waals surface area contributed by atoms with Gasteiger partial charge in [0.15, 0.2) is 0 Å². The normalized spacial score (nSPS) is 14.4. The number of rotatable bonds is 2.